The second-order valence-corrected chi connectivity index (χ2v) is 8.06. The summed E-state index contributed by atoms with van der Waals surface area (Å²) in [6.45, 7) is 4.89. The molecule has 3 heterocycles. The van der Waals surface area contributed by atoms with Crippen LogP contribution in [0.2, 0.25) is 0 Å². The number of thiazole rings is 1. The number of benzene rings is 1. The molecule has 2 aromatic heterocycles. The van der Waals surface area contributed by atoms with Gasteiger partial charge in [-0.3, -0.25) is 4.79 Å². The van der Waals surface area contributed by atoms with Gasteiger partial charge in [0, 0.05) is 7.05 Å². The Balaban J connectivity index is 1.93. The molecule has 1 aliphatic rings. The van der Waals surface area contributed by atoms with E-state index < -0.39 is 11.5 Å². The molecule has 0 radical (unpaired) electrons. The lowest BCUT2D eigenvalue weighted by molar-refractivity contribution is 0.276. The minimum absolute atomic E-state index is 0.0411. The first-order valence-corrected chi connectivity index (χ1v) is 11.1. The largest absolute Gasteiger partial charge is 0.490 e. The number of ether oxygens (including phenoxy) is 3. The van der Waals surface area contributed by atoms with Crippen molar-refractivity contribution < 1.29 is 14.2 Å². The van der Waals surface area contributed by atoms with Crippen molar-refractivity contribution in [3.05, 3.63) is 51.1 Å². The van der Waals surface area contributed by atoms with E-state index in [1.165, 1.54) is 11.3 Å². The van der Waals surface area contributed by atoms with Crippen LogP contribution in [0, 0.1) is 11.3 Å². The maximum absolute atomic E-state index is 13.1. The third kappa shape index (κ3) is 3.61. The van der Waals surface area contributed by atoms with Crippen molar-refractivity contribution >= 4 is 26.8 Å². The molecule has 4 N–H and O–H groups in total. The Hall–Kier alpha value is -3.71. The Morgan fingerprint density at radius 3 is 2.84 bits per heavy atom. The van der Waals surface area contributed by atoms with Gasteiger partial charge in [0.05, 0.1) is 24.7 Å². The lowest BCUT2D eigenvalue weighted by Crippen LogP contribution is -2.27. The van der Waals surface area contributed by atoms with Crippen LogP contribution in [-0.4, -0.2) is 30.2 Å². The zero-order valence-electron chi connectivity index (χ0n) is 17.9. The van der Waals surface area contributed by atoms with E-state index in [2.05, 4.69) is 21.4 Å². The maximum atomic E-state index is 13.1. The van der Waals surface area contributed by atoms with Crippen LogP contribution < -0.4 is 30.8 Å². The van der Waals surface area contributed by atoms with Gasteiger partial charge >= 0.3 is 0 Å². The average molecular weight is 454 g/mol. The third-order valence-corrected chi connectivity index (χ3v) is 6.08. The minimum atomic E-state index is -0.725. The van der Waals surface area contributed by atoms with Gasteiger partial charge in [-0.25, -0.2) is 4.98 Å². The first kappa shape index (κ1) is 21.5. The summed E-state index contributed by atoms with van der Waals surface area (Å²) in [6.07, 6.45) is 0.855. The van der Waals surface area contributed by atoms with E-state index in [4.69, 9.17) is 19.9 Å². The molecule has 10 heteroatoms. The van der Waals surface area contributed by atoms with Crippen molar-refractivity contribution in [2.24, 2.45) is 5.73 Å². The summed E-state index contributed by atoms with van der Waals surface area (Å²) in [5, 5.41) is 13.4. The number of pyridine rings is 1. The Labute approximate surface area is 188 Å². The molecule has 0 amide bonds. The number of nitriles is 1. The highest BCUT2D eigenvalue weighted by atomic mass is 32.1. The number of aromatic amines is 1. The summed E-state index contributed by atoms with van der Waals surface area (Å²) >= 11 is 1.33. The van der Waals surface area contributed by atoms with E-state index in [0.717, 1.165) is 6.42 Å². The van der Waals surface area contributed by atoms with E-state index in [9.17, 15) is 10.1 Å². The smallest absolute Gasteiger partial charge is 0.257 e. The number of allylic oxidation sites excluding steroid dienone is 1. The zero-order chi connectivity index (χ0) is 22.8. The van der Waals surface area contributed by atoms with E-state index in [0.29, 0.717) is 57.1 Å². The van der Waals surface area contributed by atoms with Gasteiger partial charge in [-0.2, -0.15) is 5.26 Å². The summed E-state index contributed by atoms with van der Waals surface area (Å²) in [5.41, 5.74) is 7.28. The summed E-state index contributed by atoms with van der Waals surface area (Å²) in [7, 11) is 1.74. The third-order valence-electron chi connectivity index (χ3n) is 5.01. The number of hydrogen-bond acceptors (Lipinski definition) is 9. The van der Waals surface area contributed by atoms with Gasteiger partial charge in [0.25, 0.3) is 5.56 Å². The molecule has 32 heavy (non-hydrogen) atoms. The van der Waals surface area contributed by atoms with Crippen LogP contribution in [0.3, 0.4) is 0 Å². The van der Waals surface area contributed by atoms with E-state index in [-0.39, 0.29) is 11.5 Å². The molecule has 4 rings (SSSR count). The highest BCUT2D eigenvalue weighted by molar-refractivity contribution is 7.22. The molecule has 1 aliphatic heterocycles. The predicted molar refractivity (Wildman–Crippen MR) is 122 cm³/mol. The molecule has 0 saturated heterocycles. The van der Waals surface area contributed by atoms with Crippen LogP contribution in [-0.2, 0) is 0 Å². The van der Waals surface area contributed by atoms with Gasteiger partial charge in [0.15, 0.2) is 28.0 Å². The standard InChI is InChI=1S/C22H23N5O4S/c1-4-8-30-13-7-6-11(9-14(13)29-5-2)15-12(10-23)19(24)31-17-16(15)21(28)26-20-18(17)32-22(25-3)27-20/h6-7,9,15H,4-5,8,24H2,1-3H3,(H2,25,26,27,28). The topological polar surface area (TPSA) is 135 Å². The Morgan fingerprint density at radius 1 is 1.34 bits per heavy atom. The molecular weight excluding hydrogens is 430 g/mol. The Morgan fingerprint density at radius 2 is 2.16 bits per heavy atom. The first-order chi connectivity index (χ1) is 15.5. The number of aromatic nitrogens is 2. The molecule has 166 valence electrons. The number of nitrogens with zero attached hydrogens (tertiary/aromatic N) is 2. The number of H-pyrrole nitrogens is 1. The van der Waals surface area contributed by atoms with Crippen molar-refractivity contribution in [3.63, 3.8) is 0 Å². The molecule has 1 unspecified atom stereocenters. The number of fused-ring (bicyclic) bond motifs is 3. The molecular formula is C22H23N5O4S. The van der Waals surface area contributed by atoms with Crippen LogP contribution in [0.5, 0.6) is 17.2 Å². The van der Waals surface area contributed by atoms with Crippen LogP contribution >= 0.6 is 11.3 Å². The monoisotopic (exact) mass is 453 g/mol. The highest BCUT2D eigenvalue weighted by Crippen LogP contribution is 2.46. The van der Waals surface area contributed by atoms with Crippen molar-refractivity contribution in [2.75, 3.05) is 25.6 Å². The normalized spacial score (nSPS) is 15.1. The zero-order valence-corrected chi connectivity index (χ0v) is 18.8. The van der Waals surface area contributed by atoms with Crippen molar-refractivity contribution in [2.45, 2.75) is 26.2 Å². The molecule has 0 bridgehead atoms. The van der Waals surface area contributed by atoms with Gasteiger partial charge in [-0.15, -0.1) is 0 Å². The number of nitrogens with one attached hydrogen (secondary N) is 2. The van der Waals surface area contributed by atoms with Crippen molar-refractivity contribution in [3.8, 4) is 23.3 Å². The first-order valence-electron chi connectivity index (χ1n) is 10.2. The fourth-order valence-corrected chi connectivity index (χ4v) is 4.51. The SMILES string of the molecule is CCCOc1ccc(C2C(C#N)=C(N)Oc3c2c(=O)[nH]c2nc(NC)sc32)cc1OCC. The number of rotatable bonds is 7. The van der Waals surface area contributed by atoms with E-state index in [1.54, 1.807) is 19.2 Å². The molecule has 1 atom stereocenters. The molecule has 0 saturated carbocycles. The van der Waals surface area contributed by atoms with Crippen molar-refractivity contribution in [1.29, 1.82) is 5.26 Å². The van der Waals surface area contributed by atoms with Crippen molar-refractivity contribution in [1.82, 2.24) is 9.97 Å². The summed E-state index contributed by atoms with van der Waals surface area (Å²) in [5.74, 6) is 0.686. The number of anilines is 1. The minimum Gasteiger partial charge on any atom is -0.490 e. The molecule has 9 nitrogen and oxygen atoms in total. The predicted octanol–water partition coefficient (Wildman–Crippen LogP) is 3.43. The van der Waals surface area contributed by atoms with E-state index >= 15 is 0 Å². The van der Waals surface area contributed by atoms with Gasteiger partial charge in [0.1, 0.15) is 16.3 Å². The second-order valence-electron chi connectivity index (χ2n) is 7.06. The van der Waals surface area contributed by atoms with Gasteiger partial charge in [-0.1, -0.05) is 24.3 Å². The maximum Gasteiger partial charge on any atom is 0.257 e. The van der Waals surface area contributed by atoms with Gasteiger partial charge < -0.3 is 30.2 Å². The lowest BCUT2D eigenvalue weighted by Gasteiger charge is -2.26. The van der Waals surface area contributed by atoms with Crippen LogP contribution in [0.1, 0.15) is 37.3 Å². The van der Waals surface area contributed by atoms with Crippen LogP contribution in [0.15, 0.2) is 34.4 Å². The van der Waals surface area contributed by atoms with Crippen LogP contribution in [0.25, 0.3) is 10.3 Å². The van der Waals surface area contributed by atoms with Gasteiger partial charge in [0.2, 0.25) is 5.88 Å². The highest BCUT2D eigenvalue weighted by Gasteiger charge is 2.36. The Kier molecular flexibility index (Phi) is 5.92. The average Bonchev–Trinajstić information content (AvgIpc) is 3.21. The summed E-state index contributed by atoms with van der Waals surface area (Å²) in [4.78, 5) is 20.3. The lowest BCUT2D eigenvalue weighted by atomic mass is 9.84. The molecule has 0 aliphatic carbocycles. The molecule has 3 aromatic rings. The number of hydrogen-bond donors (Lipinski definition) is 3. The quantitative estimate of drug-likeness (QED) is 0.495. The van der Waals surface area contributed by atoms with Crippen LogP contribution in [0.4, 0.5) is 5.13 Å². The van der Waals surface area contributed by atoms with E-state index in [1.807, 2.05) is 19.9 Å². The fraction of sp³-hybridized carbons (Fsp3) is 0.318. The Bertz CT molecular complexity index is 1300. The molecule has 1 aromatic carbocycles. The molecule has 0 fully saturated rings. The fourth-order valence-electron chi connectivity index (χ4n) is 3.64. The summed E-state index contributed by atoms with van der Waals surface area (Å²) in [6, 6.07) is 7.50. The summed E-state index contributed by atoms with van der Waals surface area (Å²) < 4.78 is 18.0. The second kappa shape index (κ2) is 8.80. The van der Waals surface area contributed by atoms with Gasteiger partial charge in [-0.05, 0) is 31.0 Å². The number of nitrogens with two attached hydrogens (primary N) is 1. The molecule has 0 spiro atoms.